The molecule has 1 amide bonds. The molecule has 6 atom stereocenters. The number of hydrogen-bond donors (Lipinski definition) is 3. The molecule has 0 unspecified atom stereocenters. The molecule has 4 fully saturated rings. The lowest BCUT2D eigenvalue weighted by atomic mass is 9.49. The minimum absolute atomic E-state index is 0.0173. The zero-order valence-corrected chi connectivity index (χ0v) is 29.2. The van der Waals surface area contributed by atoms with Crippen LogP contribution in [0.2, 0.25) is 0 Å². The molecule has 1 spiro atoms. The molecule has 1 heterocycles. The van der Waals surface area contributed by atoms with Crippen LogP contribution >= 0.6 is 0 Å². The first-order valence-corrected chi connectivity index (χ1v) is 17.4. The lowest BCUT2D eigenvalue weighted by molar-refractivity contribution is -0.362. The number of alkyl halides is 5. The molecular formula is C37H50F5NO6. The molecule has 3 saturated carbocycles. The van der Waals surface area contributed by atoms with Gasteiger partial charge in [-0.1, -0.05) is 50.6 Å². The molecule has 4 aliphatic carbocycles. The molecule has 6 rings (SSSR count). The zero-order chi connectivity index (χ0) is 36.1. The number of halogens is 5. The summed E-state index contributed by atoms with van der Waals surface area (Å²) in [7, 11) is 0. The second-order valence-corrected chi connectivity index (χ2v) is 17.4. The van der Waals surface area contributed by atoms with E-state index in [9.17, 15) is 28.2 Å². The number of carbonyl (C=O) groups excluding carboxylic acids is 1. The lowest BCUT2D eigenvalue weighted by Gasteiger charge is -2.59. The fourth-order valence-corrected chi connectivity index (χ4v) is 9.64. The van der Waals surface area contributed by atoms with Gasteiger partial charge in [-0.05, 0) is 87.8 Å². The molecular weight excluding hydrogens is 649 g/mol. The number of fused-ring (bicyclic) bond motifs is 4. The minimum Gasteiger partial charge on any atom is -0.445 e. The van der Waals surface area contributed by atoms with Gasteiger partial charge in [-0.15, -0.1) is 0 Å². The van der Waals surface area contributed by atoms with E-state index in [0.29, 0.717) is 43.6 Å². The van der Waals surface area contributed by atoms with Crippen molar-refractivity contribution in [1.29, 1.82) is 0 Å². The van der Waals surface area contributed by atoms with Crippen LogP contribution in [0.5, 0.6) is 0 Å². The maximum Gasteiger partial charge on any atom is 0.456 e. The Balaban J connectivity index is 1.38. The fraction of sp³-hybridized carbons (Fsp3) is 0.757. The van der Waals surface area contributed by atoms with Gasteiger partial charge in [-0.25, -0.2) is 4.79 Å². The maximum absolute atomic E-state index is 15.4. The Hall–Kier alpha value is -2.28. The van der Waals surface area contributed by atoms with Crippen molar-refractivity contribution in [1.82, 2.24) is 5.32 Å². The van der Waals surface area contributed by atoms with E-state index < -0.39 is 70.3 Å². The van der Waals surface area contributed by atoms with Crippen molar-refractivity contribution < 1.29 is 51.2 Å². The SMILES string of the molecule is CC1(C)COC2(CCC3=C4[C@@H](CC[C@@]3(O)C2)[C@@H]2CC[C@@](O)(C(F)(F)C(F)(F)F)[C@@]2(C)C[C@@H]4c2ccc(COC(=O)NC(C)(C)C)cc2)OC1. The van der Waals surface area contributed by atoms with E-state index in [0.717, 1.165) is 11.1 Å². The van der Waals surface area contributed by atoms with Crippen LogP contribution in [-0.4, -0.2) is 64.1 Å². The Labute approximate surface area is 284 Å². The summed E-state index contributed by atoms with van der Waals surface area (Å²) in [5.74, 6) is -7.95. The number of nitrogens with one attached hydrogen (secondary N) is 1. The van der Waals surface area contributed by atoms with Crippen LogP contribution in [0.15, 0.2) is 35.4 Å². The summed E-state index contributed by atoms with van der Waals surface area (Å²) in [5, 5.41) is 26.6. The van der Waals surface area contributed by atoms with Gasteiger partial charge in [0.2, 0.25) is 0 Å². The van der Waals surface area contributed by atoms with E-state index >= 15 is 8.78 Å². The molecule has 5 aliphatic rings. The standard InChI is InChI=1S/C37H50F5NO6/c1-30(2,3)43-29(44)47-18-22-7-9-23(10-8-22)25-17-32(6)26(13-16-35(32,46)36(38,39)37(40,41)42)24-11-14-33(45)19-34(15-12-27(33)28(24)25)48-20-31(4,5)21-49-34/h7-10,24-26,45-46H,11-21H2,1-6H3,(H,43,44)/t24-,25+,26-,32-,33+,35-/m0/s1. The number of aliphatic hydroxyl groups is 2. The van der Waals surface area contributed by atoms with E-state index in [1.54, 1.807) is 24.3 Å². The van der Waals surface area contributed by atoms with Crippen LogP contribution in [0, 0.1) is 22.7 Å². The van der Waals surface area contributed by atoms with Gasteiger partial charge in [-0.2, -0.15) is 22.0 Å². The number of benzene rings is 1. The number of ether oxygens (including phenoxy) is 3. The van der Waals surface area contributed by atoms with Gasteiger partial charge in [0.25, 0.3) is 0 Å². The van der Waals surface area contributed by atoms with Crippen LogP contribution in [0.1, 0.15) is 110 Å². The molecule has 1 aromatic rings. The number of carbonyl (C=O) groups is 1. The van der Waals surface area contributed by atoms with E-state index in [4.69, 9.17) is 14.2 Å². The van der Waals surface area contributed by atoms with E-state index in [1.807, 2.05) is 34.6 Å². The Kier molecular flexibility index (Phi) is 8.66. The topological polar surface area (TPSA) is 97.3 Å². The summed E-state index contributed by atoms with van der Waals surface area (Å²) in [5.41, 5.74) is -4.01. The van der Waals surface area contributed by atoms with Crippen LogP contribution in [0.4, 0.5) is 26.7 Å². The summed E-state index contributed by atoms with van der Waals surface area (Å²) < 4.78 is 90.5. The van der Waals surface area contributed by atoms with Crippen molar-refractivity contribution in [3.05, 3.63) is 46.5 Å². The summed E-state index contributed by atoms with van der Waals surface area (Å²) in [6.07, 6.45) is -5.54. The average molecular weight is 700 g/mol. The van der Waals surface area contributed by atoms with Crippen molar-refractivity contribution in [3.8, 4) is 0 Å². The van der Waals surface area contributed by atoms with Gasteiger partial charge in [0.1, 0.15) is 12.2 Å². The second-order valence-electron chi connectivity index (χ2n) is 17.4. The molecule has 1 saturated heterocycles. The summed E-state index contributed by atoms with van der Waals surface area (Å²) in [4.78, 5) is 12.2. The van der Waals surface area contributed by atoms with Crippen molar-refractivity contribution in [2.45, 2.75) is 140 Å². The Morgan fingerprint density at radius 2 is 1.59 bits per heavy atom. The fourth-order valence-electron chi connectivity index (χ4n) is 9.64. The molecule has 12 heteroatoms. The number of allylic oxidation sites excluding steroid dienone is 1. The van der Waals surface area contributed by atoms with E-state index in [-0.39, 0.29) is 37.7 Å². The van der Waals surface area contributed by atoms with Crippen LogP contribution in [0.3, 0.4) is 0 Å². The van der Waals surface area contributed by atoms with Crippen LogP contribution in [-0.2, 0) is 20.8 Å². The molecule has 0 aromatic heterocycles. The molecule has 7 nitrogen and oxygen atoms in total. The first-order chi connectivity index (χ1) is 22.5. The molecule has 3 N–H and O–H groups in total. The summed E-state index contributed by atoms with van der Waals surface area (Å²) in [6, 6.07) is 7.05. The Morgan fingerprint density at radius 3 is 2.18 bits per heavy atom. The molecule has 49 heavy (non-hydrogen) atoms. The largest absolute Gasteiger partial charge is 0.456 e. The third kappa shape index (κ3) is 6.10. The maximum atomic E-state index is 15.4. The average Bonchev–Trinajstić information content (AvgIpc) is 3.27. The first-order valence-electron chi connectivity index (χ1n) is 17.4. The highest BCUT2D eigenvalue weighted by atomic mass is 19.4. The van der Waals surface area contributed by atoms with Gasteiger partial charge in [-0.3, -0.25) is 0 Å². The number of hydrogen-bond acceptors (Lipinski definition) is 6. The van der Waals surface area contributed by atoms with Gasteiger partial charge in [0, 0.05) is 35.1 Å². The molecule has 274 valence electrons. The quantitative estimate of drug-likeness (QED) is 0.218. The molecule has 0 radical (unpaired) electrons. The van der Waals surface area contributed by atoms with Gasteiger partial charge in [0.15, 0.2) is 5.79 Å². The van der Waals surface area contributed by atoms with Gasteiger partial charge < -0.3 is 29.7 Å². The highest BCUT2D eigenvalue weighted by Crippen LogP contribution is 2.71. The Morgan fingerprint density at radius 1 is 0.959 bits per heavy atom. The highest BCUT2D eigenvalue weighted by molar-refractivity contribution is 5.68. The van der Waals surface area contributed by atoms with Crippen LogP contribution < -0.4 is 5.32 Å². The van der Waals surface area contributed by atoms with Crippen molar-refractivity contribution >= 4 is 6.09 Å². The lowest BCUT2D eigenvalue weighted by Crippen LogP contribution is -2.65. The molecule has 1 aromatic carbocycles. The monoisotopic (exact) mass is 699 g/mol. The van der Waals surface area contributed by atoms with E-state index in [2.05, 4.69) is 5.32 Å². The minimum atomic E-state index is -5.92. The normalized spacial score (nSPS) is 35.7. The van der Waals surface area contributed by atoms with Crippen molar-refractivity contribution in [2.75, 3.05) is 13.2 Å². The smallest absolute Gasteiger partial charge is 0.445 e. The third-order valence-corrected chi connectivity index (χ3v) is 12.1. The number of alkyl carbamates (subject to hydrolysis) is 1. The summed E-state index contributed by atoms with van der Waals surface area (Å²) >= 11 is 0. The predicted molar refractivity (Wildman–Crippen MR) is 171 cm³/mol. The number of rotatable bonds is 4. The summed E-state index contributed by atoms with van der Waals surface area (Å²) in [6.45, 7) is 11.9. The molecule has 0 bridgehead atoms. The van der Waals surface area contributed by atoms with Crippen molar-refractivity contribution in [3.63, 3.8) is 0 Å². The van der Waals surface area contributed by atoms with E-state index in [1.165, 1.54) is 6.92 Å². The molecule has 1 aliphatic heterocycles. The van der Waals surface area contributed by atoms with Gasteiger partial charge >= 0.3 is 18.2 Å². The predicted octanol–water partition coefficient (Wildman–Crippen LogP) is 7.93. The number of amides is 1. The third-order valence-electron chi connectivity index (χ3n) is 12.1. The van der Waals surface area contributed by atoms with Gasteiger partial charge in [0.05, 0.1) is 18.8 Å². The van der Waals surface area contributed by atoms with Crippen molar-refractivity contribution in [2.24, 2.45) is 22.7 Å². The zero-order valence-electron chi connectivity index (χ0n) is 29.2. The Bertz CT molecular complexity index is 1480. The highest BCUT2D eigenvalue weighted by Gasteiger charge is 2.79. The van der Waals surface area contributed by atoms with Crippen LogP contribution in [0.25, 0.3) is 0 Å². The first kappa shape index (κ1) is 36.5. The second kappa shape index (κ2) is 11.6.